The molecule has 0 atom stereocenters. The van der Waals surface area contributed by atoms with Crippen molar-refractivity contribution in [3.05, 3.63) is 52.5 Å². The molecule has 75 valence electrons. The molecule has 0 aliphatic heterocycles. The SMILES string of the molecule is Oc1ccc(-c2ccc(Cl)[c]c2Cl)cc1. The molecule has 0 bridgehead atoms. The molecular weight excluding hydrogens is 231 g/mol. The molecule has 0 aliphatic carbocycles. The molecule has 0 heterocycles. The van der Waals surface area contributed by atoms with Gasteiger partial charge in [-0.1, -0.05) is 41.4 Å². The van der Waals surface area contributed by atoms with Crippen molar-refractivity contribution in [2.45, 2.75) is 0 Å². The summed E-state index contributed by atoms with van der Waals surface area (Å²) in [5.41, 5.74) is 1.77. The molecule has 0 spiro atoms. The van der Waals surface area contributed by atoms with Gasteiger partial charge in [0.15, 0.2) is 0 Å². The van der Waals surface area contributed by atoms with E-state index in [0.717, 1.165) is 11.1 Å². The molecule has 0 fully saturated rings. The van der Waals surface area contributed by atoms with E-state index in [1.165, 1.54) is 0 Å². The van der Waals surface area contributed by atoms with Crippen molar-refractivity contribution in [2.75, 3.05) is 0 Å². The number of phenolic OH excluding ortho intramolecular Hbond substituents is 1. The lowest BCUT2D eigenvalue weighted by Crippen LogP contribution is -1.79. The van der Waals surface area contributed by atoms with Crippen LogP contribution in [-0.2, 0) is 0 Å². The van der Waals surface area contributed by atoms with Gasteiger partial charge in [-0.25, -0.2) is 0 Å². The first kappa shape index (κ1) is 10.3. The van der Waals surface area contributed by atoms with E-state index in [1.807, 2.05) is 6.07 Å². The summed E-state index contributed by atoms with van der Waals surface area (Å²) < 4.78 is 0. The van der Waals surface area contributed by atoms with E-state index < -0.39 is 0 Å². The Kier molecular flexibility index (Phi) is 2.85. The van der Waals surface area contributed by atoms with Crippen molar-refractivity contribution in [1.29, 1.82) is 0 Å². The van der Waals surface area contributed by atoms with Crippen LogP contribution in [0.25, 0.3) is 11.1 Å². The molecule has 0 saturated carbocycles. The minimum absolute atomic E-state index is 0.229. The predicted octanol–water partition coefficient (Wildman–Crippen LogP) is 4.17. The summed E-state index contributed by atoms with van der Waals surface area (Å²) in [6, 6.07) is 13.2. The maximum absolute atomic E-state index is 9.16. The Morgan fingerprint density at radius 1 is 0.933 bits per heavy atom. The molecule has 2 aromatic carbocycles. The van der Waals surface area contributed by atoms with E-state index in [0.29, 0.717) is 10.0 Å². The maximum atomic E-state index is 9.16. The average Bonchev–Trinajstić information content (AvgIpc) is 2.20. The number of hydrogen-bond acceptors (Lipinski definition) is 1. The number of aromatic hydroxyl groups is 1. The number of halogens is 2. The summed E-state index contributed by atoms with van der Waals surface area (Å²) >= 11 is 11.8. The zero-order valence-electron chi connectivity index (χ0n) is 7.67. The summed E-state index contributed by atoms with van der Waals surface area (Å²) in [5.74, 6) is 0.229. The third-order valence-electron chi connectivity index (χ3n) is 2.04. The summed E-state index contributed by atoms with van der Waals surface area (Å²) in [4.78, 5) is 0. The number of hydrogen-bond donors (Lipinski definition) is 1. The second-order valence-electron chi connectivity index (χ2n) is 3.08. The highest BCUT2D eigenvalue weighted by Crippen LogP contribution is 2.30. The quantitative estimate of drug-likeness (QED) is 0.790. The van der Waals surface area contributed by atoms with E-state index in [4.69, 9.17) is 28.3 Å². The minimum atomic E-state index is 0.229. The normalized spacial score (nSPS) is 10.3. The first-order chi connectivity index (χ1) is 7.16. The number of benzene rings is 2. The minimum Gasteiger partial charge on any atom is -0.508 e. The van der Waals surface area contributed by atoms with Crippen LogP contribution in [0.1, 0.15) is 0 Å². The zero-order valence-corrected chi connectivity index (χ0v) is 9.18. The van der Waals surface area contributed by atoms with Gasteiger partial charge in [0.05, 0.1) is 10.0 Å². The van der Waals surface area contributed by atoms with Gasteiger partial charge in [-0.05, 0) is 23.8 Å². The molecule has 1 nitrogen and oxygen atoms in total. The molecule has 0 aliphatic rings. The highest BCUT2D eigenvalue weighted by Gasteiger charge is 2.04. The van der Waals surface area contributed by atoms with Gasteiger partial charge < -0.3 is 5.11 Å². The lowest BCUT2D eigenvalue weighted by Gasteiger charge is -2.04. The van der Waals surface area contributed by atoms with E-state index >= 15 is 0 Å². The molecule has 0 saturated heterocycles. The van der Waals surface area contributed by atoms with Crippen molar-refractivity contribution < 1.29 is 5.11 Å². The van der Waals surface area contributed by atoms with E-state index in [9.17, 15) is 0 Å². The monoisotopic (exact) mass is 237 g/mol. The average molecular weight is 238 g/mol. The van der Waals surface area contributed by atoms with E-state index in [-0.39, 0.29) is 5.75 Å². The van der Waals surface area contributed by atoms with Gasteiger partial charge in [-0.3, -0.25) is 0 Å². The molecule has 3 heteroatoms. The molecule has 0 amide bonds. The Labute approximate surface area is 97.9 Å². The predicted molar refractivity (Wildman–Crippen MR) is 62.4 cm³/mol. The molecule has 15 heavy (non-hydrogen) atoms. The molecule has 1 radical (unpaired) electrons. The second-order valence-corrected chi connectivity index (χ2v) is 3.87. The third kappa shape index (κ3) is 2.25. The van der Waals surface area contributed by atoms with Crippen molar-refractivity contribution in [3.63, 3.8) is 0 Å². The maximum Gasteiger partial charge on any atom is 0.115 e. The van der Waals surface area contributed by atoms with Crippen LogP contribution in [0.3, 0.4) is 0 Å². The fourth-order valence-corrected chi connectivity index (χ4v) is 1.79. The van der Waals surface area contributed by atoms with Gasteiger partial charge in [-0.15, -0.1) is 0 Å². The lowest BCUT2D eigenvalue weighted by molar-refractivity contribution is 0.475. The van der Waals surface area contributed by atoms with Crippen LogP contribution in [0.15, 0.2) is 36.4 Å². The third-order valence-corrected chi connectivity index (χ3v) is 2.56. The van der Waals surface area contributed by atoms with Gasteiger partial charge in [0.25, 0.3) is 0 Å². The molecule has 1 N–H and O–H groups in total. The standard InChI is InChI=1S/C12H7Cl2O/c13-9-3-6-11(12(14)7-9)8-1-4-10(15)5-2-8/h1-6,15H. The summed E-state index contributed by atoms with van der Waals surface area (Å²) in [6.45, 7) is 0. The zero-order chi connectivity index (χ0) is 10.8. The highest BCUT2D eigenvalue weighted by atomic mass is 35.5. The summed E-state index contributed by atoms with van der Waals surface area (Å²) in [5, 5.41) is 10.1. The van der Waals surface area contributed by atoms with E-state index in [1.54, 1.807) is 30.3 Å². The van der Waals surface area contributed by atoms with Crippen molar-refractivity contribution in [2.24, 2.45) is 0 Å². The Balaban J connectivity index is 2.49. The molecule has 0 unspecified atom stereocenters. The van der Waals surface area contributed by atoms with Crippen LogP contribution in [0, 0.1) is 6.07 Å². The fourth-order valence-electron chi connectivity index (χ4n) is 1.31. The smallest absolute Gasteiger partial charge is 0.115 e. The van der Waals surface area contributed by atoms with Crippen LogP contribution in [0.2, 0.25) is 10.0 Å². The van der Waals surface area contributed by atoms with Crippen molar-refractivity contribution in [3.8, 4) is 16.9 Å². The summed E-state index contributed by atoms with van der Waals surface area (Å²) in [7, 11) is 0. The first-order valence-electron chi connectivity index (χ1n) is 4.33. The summed E-state index contributed by atoms with van der Waals surface area (Å²) in [6.07, 6.45) is 0. The molecule has 0 aromatic heterocycles. The van der Waals surface area contributed by atoms with E-state index in [2.05, 4.69) is 6.07 Å². The largest absolute Gasteiger partial charge is 0.508 e. The van der Waals surface area contributed by atoms with Crippen LogP contribution in [0.5, 0.6) is 5.75 Å². The Morgan fingerprint density at radius 2 is 1.60 bits per heavy atom. The van der Waals surface area contributed by atoms with Gasteiger partial charge in [0.2, 0.25) is 0 Å². The van der Waals surface area contributed by atoms with Gasteiger partial charge in [0, 0.05) is 11.6 Å². The Hall–Kier alpha value is -1.18. The van der Waals surface area contributed by atoms with Crippen molar-refractivity contribution >= 4 is 23.2 Å². The van der Waals surface area contributed by atoms with Crippen LogP contribution >= 0.6 is 23.2 Å². The molecule has 2 aromatic rings. The van der Waals surface area contributed by atoms with Crippen molar-refractivity contribution in [1.82, 2.24) is 0 Å². The first-order valence-corrected chi connectivity index (χ1v) is 5.09. The number of phenols is 1. The van der Waals surface area contributed by atoms with Gasteiger partial charge in [0.1, 0.15) is 5.75 Å². The lowest BCUT2D eigenvalue weighted by atomic mass is 10.1. The Morgan fingerprint density at radius 3 is 2.20 bits per heavy atom. The topological polar surface area (TPSA) is 20.2 Å². The molecule has 2 rings (SSSR count). The fraction of sp³-hybridized carbons (Fsp3) is 0. The van der Waals surface area contributed by atoms with Gasteiger partial charge >= 0.3 is 0 Å². The van der Waals surface area contributed by atoms with Crippen LogP contribution in [0.4, 0.5) is 0 Å². The van der Waals surface area contributed by atoms with Crippen LogP contribution < -0.4 is 0 Å². The highest BCUT2D eigenvalue weighted by molar-refractivity contribution is 6.36. The number of rotatable bonds is 1. The second kappa shape index (κ2) is 4.13. The molecular formula is C12H7Cl2O. The van der Waals surface area contributed by atoms with Gasteiger partial charge in [-0.2, -0.15) is 0 Å². The Bertz CT molecular complexity index is 477. The van der Waals surface area contributed by atoms with Crippen LogP contribution in [-0.4, -0.2) is 5.11 Å².